The van der Waals surface area contributed by atoms with Gasteiger partial charge in [-0.1, -0.05) is 11.6 Å². The molecule has 0 unspecified atom stereocenters. The molecule has 2 rings (SSSR count). The fraction of sp³-hybridized carbons (Fsp3) is 0.294. The smallest absolute Gasteiger partial charge is 0.259 e. The minimum absolute atomic E-state index is 0.293. The first-order valence-electron chi connectivity index (χ1n) is 7.73. The Balaban J connectivity index is 2.23. The summed E-state index contributed by atoms with van der Waals surface area (Å²) in [4.78, 5) is 34.7. The van der Waals surface area contributed by atoms with E-state index >= 15 is 0 Å². The van der Waals surface area contributed by atoms with Gasteiger partial charge in [-0.3, -0.25) is 9.59 Å². The number of carbonyl (C=O) groups is 2. The van der Waals surface area contributed by atoms with Crippen LogP contribution in [0.3, 0.4) is 0 Å². The molecule has 0 spiro atoms. The molecular formula is C17H20ClN5O2. The zero-order valence-corrected chi connectivity index (χ0v) is 15.3. The molecule has 0 atom stereocenters. The van der Waals surface area contributed by atoms with Crippen LogP contribution >= 0.6 is 11.6 Å². The molecule has 25 heavy (non-hydrogen) atoms. The molecule has 8 heteroatoms. The van der Waals surface area contributed by atoms with E-state index in [1.807, 2.05) is 21.0 Å². The summed E-state index contributed by atoms with van der Waals surface area (Å²) in [6.45, 7) is 4.05. The molecule has 0 aliphatic rings. The summed E-state index contributed by atoms with van der Waals surface area (Å²) in [5, 5.41) is 5.74. The van der Waals surface area contributed by atoms with Crippen molar-refractivity contribution in [2.45, 2.75) is 13.8 Å². The number of nitrogens with zero attached hydrogens (tertiary/aromatic N) is 3. The maximum absolute atomic E-state index is 12.5. The van der Waals surface area contributed by atoms with Crippen molar-refractivity contribution in [3.8, 4) is 0 Å². The first-order valence-corrected chi connectivity index (χ1v) is 8.11. The topological polar surface area (TPSA) is 87.2 Å². The molecule has 0 aliphatic carbocycles. The minimum atomic E-state index is -0.355. The van der Waals surface area contributed by atoms with Crippen molar-refractivity contribution in [2.24, 2.45) is 0 Å². The Labute approximate surface area is 151 Å². The van der Waals surface area contributed by atoms with E-state index in [4.69, 9.17) is 11.6 Å². The number of carbonyl (C=O) groups excluding carboxylic acids is 2. The third-order valence-electron chi connectivity index (χ3n) is 3.42. The van der Waals surface area contributed by atoms with Crippen molar-refractivity contribution in [1.82, 2.24) is 15.3 Å². The minimum Gasteiger partial charge on any atom is -0.352 e. The van der Waals surface area contributed by atoms with Gasteiger partial charge < -0.3 is 15.5 Å². The van der Waals surface area contributed by atoms with Crippen molar-refractivity contribution in [3.63, 3.8) is 0 Å². The number of halogens is 1. The average Bonchev–Trinajstić information content (AvgIpc) is 2.56. The molecule has 0 radical (unpaired) electrons. The highest BCUT2D eigenvalue weighted by atomic mass is 35.5. The van der Waals surface area contributed by atoms with Gasteiger partial charge >= 0.3 is 0 Å². The van der Waals surface area contributed by atoms with Gasteiger partial charge in [0.25, 0.3) is 11.8 Å². The standard InChI is InChI=1S/C17H20ClN5O2/c1-5-19-15(24)12-8-11(6-7-14(12)18)22-16(25)13-9-20-17(23(3)4)21-10(13)2/h6-9H,5H2,1-4H3,(H,19,24)(H,22,25). The Bertz CT molecular complexity index is 808. The Morgan fingerprint density at radius 3 is 2.52 bits per heavy atom. The van der Waals surface area contributed by atoms with Crippen LogP contribution < -0.4 is 15.5 Å². The van der Waals surface area contributed by atoms with E-state index in [2.05, 4.69) is 20.6 Å². The van der Waals surface area contributed by atoms with Gasteiger partial charge in [0.05, 0.1) is 21.8 Å². The van der Waals surface area contributed by atoms with Gasteiger partial charge in [-0.25, -0.2) is 9.97 Å². The first kappa shape index (κ1) is 18.7. The van der Waals surface area contributed by atoms with Gasteiger partial charge in [-0.05, 0) is 32.0 Å². The van der Waals surface area contributed by atoms with E-state index in [1.54, 1.807) is 24.0 Å². The van der Waals surface area contributed by atoms with Crippen LogP contribution in [0.4, 0.5) is 11.6 Å². The van der Waals surface area contributed by atoms with Crippen LogP contribution in [0, 0.1) is 6.92 Å². The highest BCUT2D eigenvalue weighted by molar-refractivity contribution is 6.34. The van der Waals surface area contributed by atoms with E-state index < -0.39 is 0 Å². The number of benzene rings is 1. The Morgan fingerprint density at radius 1 is 1.20 bits per heavy atom. The quantitative estimate of drug-likeness (QED) is 0.854. The van der Waals surface area contributed by atoms with Crippen LogP contribution in [0.1, 0.15) is 33.3 Å². The van der Waals surface area contributed by atoms with Crippen LogP contribution in [0.25, 0.3) is 0 Å². The predicted octanol–water partition coefficient (Wildman–Crippen LogP) is 2.51. The average molecular weight is 362 g/mol. The normalized spacial score (nSPS) is 10.3. The molecule has 0 bridgehead atoms. The maximum Gasteiger partial charge on any atom is 0.259 e. The molecule has 0 fully saturated rings. The number of nitrogens with one attached hydrogen (secondary N) is 2. The predicted molar refractivity (Wildman–Crippen MR) is 98.5 cm³/mol. The van der Waals surface area contributed by atoms with Crippen molar-refractivity contribution in [1.29, 1.82) is 0 Å². The highest BCUT2D eigenvalue weighted by Gasteiger charge is 2.15. The summed E-state index contributed by atoms with van der Waals surface area (Å²) in [5.74, 6) is -0.121. The number of hydrogen-bond acceptors (Lipinski definition) is 5. The van der Waals surface area contributed by atoms with Gasteiger partial charge in [-0.15, -0.1) is 0 Å². The molecule has 2 aromatic rings. The SMILES string of the molecule is CCNC(=O)c1cc(NC(=O)c2cnc(N(C)C)nc2C)ccc1Cl. The van der Waals surface area contributed by atoms with Crippen LogP contribution in [0.2, 0.25) is 5.02 Å². The lowest BCUT2D eigenvalue weighted by Gasteiger charge is -2.13. The van der Waals surface area contributed by atoms with Gasteiger partial charge in [0.1, 0.15) is 0 Å². The summed E-state index contributed by atoms with van der Waals surface area (Å²) in [5.41, 5.74) is 1.69. The van der Waals surface area contributed by atoms with Crippen molar-refractivity contribution in [2.75, 3.05) is 30.9 Å². The van der Waals surface area contributed by atoms with Crippen molar-refractivity contribution in [3.05, 3.63) is 46.2 Å². The monoisotopic (exact) mass is 361 g/mol. The Kier molecular flexibility index (Phi) is 5.93. The van der Waals surface area contributed by atoms with Crippen LogP contribution in [0.15, 0.2) is 24.4 Å². The summed E-state index contributed by atoms with van der Waals surface area (Å²) >= 11 is 6.05. The second kappa shape index (κ2) is 7.94. The zero-order valence-electron chi connectivity index (χ0n) is 14.6. The molecule has 1 aromatic carbocycles. The number of rotatable bonds is 5. The number of anilines is 2. The zero-order chi connectivity index (χ0) is 18.6. The van der Waals surface area contributed by atoms with Crippen LogP contribution in [-0.4, -0.2) is 42.4 Å². The molecule has 1 aromatic heterocycles. The molecule has 7 nitrogen and oxygen atoms in total. The third kappa shape index (κ3) is 4.45. The summed E-state index contributed by atoms with van der Waals surface area (Å²) in [6.07, 6.45) is 1.48. The maximum atomic E-state index is 12.5. The third-order valence-corrected chi connectivity index (χ3v) is 3.75. The lowest BCUT2D eigenvalue weighted by molar-refractivity contribution is 0.0954. The number of aromatic nitrogens is 2. The van der Waals surface area contributed by atoms with Gasteiger partial charge in [-0.2, -0.15) is 0 Å². The molecule has 2 amide bonds. The number of amides is 2. The molecule has 1 heterocycles. The van der Waals surface area contributed by atoms with E-state index in [0.717, 1.165) is 0 Å². The van der Waals surface area contributed by atoms with Crippen LogP contribution in [0.5, 0.6) is 0 Å². The van der Waals surface area contributed by atoms with E-state index in [0.29, 0.717) is 40.0 Å². The van der Waals surface area contributed by atoms with Crippen molar-refractivity contribution < 1.29 is 9.59 Å². The number of hydrogen-bond donors (Lipinski definition) is 2. The van der Waals surface area contributed by atoms with Gasteiger partial charge in [0.2, 0.25) is 5.95 Å². The number of aryl methyl sites for hydroxylation is 1. The lowest BCUT2D eigenvalue weighted by atomic mass is 10.1. The Hall–Kier alpha value is -2.67. The van der Waals surface area contributed by atoms with E-state index in [1.165, 1.54) is 12.3 Å². The highest BCUT2D eigenvalue weighted by Crippen LogP contribution is 2.21. The van der Waals surface area contributed by atoms with Gasteiger partial charge in [0, 0.05) is 32.5 Å². The Morgan fingerprint density at radius 2 is 1.92 bits per heavy atom. The second-order valence-electron chi connectivity index (χ2n) is 5.57. The molecule has 0 saturated heterocycles. The second-order valence-corrected chi connectivity index (χ2v) is 5.98. The molecule has 0 saturated carbocycles. The molecule has 0 aliphatic heterocycles. The largest absolute Gasteiger partial charge is 0.352 e. The summed E-state index contributed by atoms with van der Waals surface area (Å²) in [7, 11) is 3.65. The van der Waals surface area contributed by atoms with Gasteiger partial charge in [0.15, 0.2) is 0 Å². The van der Waals surface area contributed by atoms with Crippen LogP contribution in [-0.2, 0) is 0 Å². The molecule has 132 valence electrons. The summed E-state index contributed by atoms with van der Waals surface area (Å²) < 4.78 is 0. The summed E-state index contributed by atoms with van der Waals surface area (Å²) in [6, 6.07) is 4.74. The van der Waals surface area contributed by atoms with E-state index in [9.17, 15) is 9.59 Å². The molecular weight excluding hydrogens is 342 g/mol. The molecule has 2 N–H and O–H groups in total. The van der Waals surface area contributed by atoms with E-state index in [-0.39, 0.29) is 11.8 Å². The first-order chi connectivity index (χ1) is 11.8. The lowest BCUT2D eigenvalue weighted by Crippen LogP contribution is -2.23. The van der Waals surface area contributed by atoms with Crippen molar-refractivity contribution >= 4 is 35.1 Å². The fourth-order valence-electron chi connectivity index (χ4n) is 2.12. The fourth-order valence-corrected chi connectivity index (χ4v) is 2.33.